The summed E-state index contributed by atoms with van der Waals surface area (Å²) in [6, 6.07) is 10.2. The molecule has 0 spiro atoms. The van der Waals surface area contributed by atoms with Crippen molar-refractivity contribution in [3.63, 3.8) is 0 Å². The Morgan fingerprint density at radius 2 is 1.83 bits per heavy atom. The summed E-state index contributed by atoms with van der Waals surface area (Å²) < 4.78 is 5.77. The number of anilines is 1. The van der Waals surface area contributed by atoms with Crippen molar-refractivity contribution in [2.24, 2.45) is 11.8 Å². The first kappa shape index (κ1) is 18.2. The van der Waals surface area contributed by atoms with Crippen LogP contribution in [0.15, 0.2) is 36.4 Å². The molecule has 8 heteroatoms. The van der Waals surface area contributed by atoms with Gasteiger partial charge in [-0.15, -0.1) is 0 Å². The second-order valence-corrected chi connectivity index (χ2v) is 7.72. The number of aliphatic hydroxyl groups is 3. The van der Waals surface area contributed by atoms with Gasteiger partial charge in [0, 0.05) is 13.0 Å². The average molecular weight is 394 g/mol. The van der Waals surface area contributed by atoms with Gasteiger partial charge in [0.15, 0.2) is 5.69 Å². The van der Waals surface area contributed by atoms with Crippen LogP contribution >= 0.6 is 0 Å². The zero-order chi connectivity index (χ0) is 20.5. The molecule has 2 unspecified atom stereocenters. The molecule has 0 aliphatic carbocycles. The smallest absolute Gasteiger partial charge is 0.240 e. The van der Waals surface area contributed by atoms with Gasteiger partial charge in [-0.05, 0) is 16.8 Å². The van der Waals surface area contributed by atoms with E-state index >= 15 is 0 Å². The molecule has 2 bridgehead atoms. The van der Waals surface area contributed by atoms with Crippen LogP contribution < -0.4 is 4.90 Å². The lowest BCUT2D eigenvalue weighted by Crippen LogP contribution is -2.56. The first-order chi connectivity index (χ1) is 14.0. The molecular formula is C21H18N2O6. The van der Waals surface area contributed by atoms with Gasteiger partial charge in [0.25, 0.3) is 0 Å². The van der Waals surface area contributed by atoms with Crippen molar-refractivity contribution in [2.75, 3.05) is 11.5 Å². The third kappa shape index (κ3) is 2.10. The molecule has 6 atom stereocenters. The van der Waals surface area contributed by atoms with Gasteiger partial charge in [-0.1, -0.05) is 30.3 Å². The van der Waals surface area contributed by atoms with Gasteiger partial charge in [0.1, 0.15) is 17.8 Å². The maximum Gasteiger partial charge on any atom is 0.240 e. The third-order valence-electron chi connectivity index (χ3n) is 6.49. The molecule has 3 saturated heterocycles. The standard InChI is InChI=1S/C21H18N2O6/c1-22-12-6-7-13(11-5-3-2-4-10(11)12)23-19(27)14-15(20(23)28)21(8-9-24)18(26)16(25)17(14)29-21/h2-7,14-18,24-26H,8-9H2/t14-,15-,16-,17?,18-,21?/m0/s1. The van der Waals surface area contributed by atoms with Gasteiger partial charge in [0.2, 0.25) is 11.8 Å². The van der Waals surface area contributed by atoms with E-state index in [1.807, 2.05) is 0 Å². The summed E-state index contributed by atoms with van der Waals surface area (Å²) in [5, 5.41) is 31.6. The molecule has 148 valence electrons. The molecule has 3 heterocycles. The van der Waals surface area contributed by atoms with E-state index in [-0.39, 0.29) is 13.0 Å². The van der Waals surface area contributed by atoms with Crippen LogP contribution in [0.5, 0.6) is 0 Å². The van der Waals surface area contributed by atoms with Crippen LogP contribution in [0.4, 0.5) is 11.4 Å². The molecule has 2 aromatic rings. The molecule has 3 aliphatic rings. The number of rotatable bonds is 3. The van der Waals surface area contributed by atoms with E-state index < -0.39 is 47.6 Å². The molecule has 0 saturated carbocycles. The summed E-state index contributed by atoms with van der Waals surface area (Å²) in [7, 11) is 0. The lowest BCUT2D eigenvalue weighted by atomic mass is 9.69. The Balaban J connectivity index is 1.66. The molecule has 0 radical (unpaired) electrons. The largest absolute Gasteiger partial charge is 0.396 e. The van der Waals surface area contributed by atoms with Gasteiger partial charge in [-0.25, -0.2) is 9.74 Å². The van der Waals surface area contributed by atoms with Crippen molar-refractivity contribution >= 4 is 34.0 Å². The highest BCUT2D eigenvalue weighted by Gasteiger charge is 2.75. The summed E-state index contributed by atoms with van der Waals surface area (Å²) >= 11 is 0. The number of imide groups is 1. The fraction of sp³-hybridized carbons (Fsp3) is 0.381. The first-order valence-electron chi connectivity index (χ1n) is 9.38. The summed E-state index contributed by atoms with van der Waals surface area (Å²) in [6.45, 7) is 6.99. The summed E-state index contributed by atoms with van der Waals surface area (Å²) in [6.07, 6.45) is -3.73. The van der Waals surface area contributed by atoms with Crippen molar-refractivity contribution in [1.29, 1.82) is 0 Å². The molecule has 3 fully saturated rings. The molecule has 3 aliphatic heterocycles. The minimum Gasteiger partial charge on any atom is -0.396 e. The quantitative estimate of drug-likeness (QED) is 0.523. The molecule has 5 rings (SSSR count). The van der Waals surface area contributed by atoms with E-state index in [4.69, 9.17) is 11.3 Å². The number of carbonyl (C=O) groups excluding carboxylic acids is 2. The second-order valence-electron chi connectivity index (χ2n) is 7.72. The minimum atomic E-state index is -1.49. The Morgan fingerprint density at radius 3 is 2.52 bits per heavy atom. The number of amides is 2. The number of hydrogen-bond donors (Lipinski definition) is 3. The highest BCUT2D eigenvalue weighted by Crippen LogP contribution is 2.57. The summed E-state index contributed by atoms with van der Waals surface area (Å²) in [4.78, 5) is 31.3. The van der Waals surface area contributed by atoms with Crippen LogP contribution in [0.3, 0.4) is 0 Å². The Kier molecular flexibility index (Phi) is 3.82. The van der Waals surface area contributed by atoms with E-state index in [1.165, 1.54) is 0 Å². The molecule has 2 aromatic carbocycles. The van der Waals surface area contributed by atoms with Crippen LogP contribution in [0.25, 0.3) is 15.6 Å². The Hall–Kier alpha value is -2.83. The number of fused-ring (bicyclic) bond motifs is 6. The highest BCUT2D eigenvalue weighted by molar-refractivity contribution is 6.26. The maximum absolute atomic E-state index is 13.4. The average Bonchev–Trinajstić information content (AvgIpc) is 3.29. The first-order valence-corrected chi connectivity index (χ1v) is 9.38. The number of ether oxygens (including phenoxy) is 1. The van der Waals surface area contributed by atoms with E-state index in [9.17, 15) is 24.9 Å². The SMILES string of the molecule is [C-]#[N+]c1ccc(N2C(=O)[C@@H]3C4OC(CCO)([C@@H]3C2=O)[C@@H](O)[C@H]4O)c2ccccc12. The van der Waals surface area contributed by atoms with Crippen molar-refractivity contribution in [3.8, 4) is 0 Å². The predicted molar refractivity (Wildman–Crippen MR) is 101 cm³/mol. The molecule has 2 amide bonds. The van der Waals surface area contributed by atoms with Crippen LogP contribution in [0.1, 0.15) is 6.42 Å². The van der Waals surface area contributed by atoms with E-state index in [2.05, 4.69) is 4.85 Å². The van der Waals surface area contributed by atoms with Crippen molar-refractivity contribution in [2.45, 2.75) is 30.3 Å². The number of carbonyl (C=O) groups is 2. The number of hydrogen-bond acceptors (Lipinski definition) is 6. The Labute approximate surface area is 165 Å². The fourth-order valence-corrected chi connectivity index (χ4v) is 5.27. The second kappa shape index (κ2) is 6.08. The highest BCUT2D eigenvalue weighted by atomic mass is 16.6. The molecule has 3 N–H and O–H groups in total. The molecule has 8 nitrogen and oxygen atoms in total. The van der Waals surface area contributed by atoms with Crippen molar-refractivity contribution in [1.82, 2.24) is 0 Å². The van der Waals surface area contributed by atoms with Crippen LogP contribution in [0, 0.1) is 18.4 Å². The Morgan fingerprint density at radius 1 is 1.10 bits per heavy atom. The summed E-state index contributed by atoms with van der Waals surface area (Å²) in [5.41, 5.74) is -0.716. The monoisotopic (exact) mass is 394 g/mol. The molecule has 29 heavy (non-hydrogen) atoms. The van der Waals surface area contributed by atoms with E-state index in [0.29, 0.717) is 22.1 Å². The zero-order valence-electron chi connectivity index (χ0n) is 15.2. The third-order valence-corrected chi connectivity index (χ3v) is 6.49. The van der Waals surface area contributed by atoms with Crippen molar-refractivity contribution in [3.05, 3.63) is 47.8 Å². The zero-order valence-corrected chi connectivity index (χ0v) is 15.2. The van der Waals surface area contributed by atoms with Gasteiger partial charge < -0.3 is 20.1 Å². The van der Waals surface area contributed by atoms with Crippen molar-refractivity contribution < 1.29 is 29.6 Å². The van der Waals surface area contributed by atoms with Gasteiger partial charge in [-0.2, -0.15) is 0 Å². The minimum absolute atomic E-state index is 0.0623. The fourth-order valence-electron chi connectivity index (χ4n) is 5.27. The lowest BCUT2D eigenvalue weighted by molar-refractivity contribution is -0.136. The van der Waals surface area contributed by atoms with Crippen LogP contribution in [-0.4, -0.2) is 57.7 Å². The molecule has 0 aromatic heterocycles. The number of benzene rings is 2. The lowest BCUT2D eigenvalue weighted by Gasteiger charge is -2.35. The predicted octanol–water partition coefficient (Wildman–Crippen LogP) is 0.752. The maximum atomic E-state index is 13.4. The topological polar surface area (TPSA) is 112 Å². The normalized spacial score (nSPS) is 35.4. The molecular weight excluding hydrogens is 376 g/mol. The summed E-state index contributed by atoms with van der Waals surface area (Å²) in [5.74, 6) is -2.93. The van der Waals surface area contributed by atoms with E-state index in [0.717, 1.165) is 4.90 Å². The van der Waals surface area contributed by atoms with Crippen LogP contribution in [0.2, 0.25) is 0 Å². The van der Waals surface area contributed by atoms with E-state index in [1.54, 1.807) is 36.4 Å². The van der Waals surface area contributed by atoms with Gasteiger partial charge >= 0.3 is 0 Å². The van der Waals surface area contributed by atoms with Gasteiger partial charge in [0.05, 0.1) is 30.2 Å². The number of aliphatic hydroxyl groups excluding tert-OH is 3. The van der Waals surface area contributed by atoms with Crippen LogP contribution in [-0.2, 0) is 14.3 Å². The number of nitrogens with zero attached hydrogens (tertiary/aromatic N) is 2. The Bertz CT molecular complexity index is 1090. The van der Waals surface area contributed by atoms with Gasteiger partial charge in [-0.3, -0.25) is 9.59 Å².